The molecule has 1 aromatic carbocycles. The van der Waals surface area contributed by atoms with Crippen molar-refractivity contribution < 1.29 is 0 Å². The molecule has 4 nitrogen and oxygen atoms in total. The molecule has 2 rings (SSSR count). The van der Waals surface area contributed by atoms with Crippen molar-refractivity contribution in [3.8, 4) is 0 Å². The van der Waals surface area contributed by atoms with E-state index in [1.807, 2.05) is 38.2 Å². The summed E-state index contributed by atoms with van der Waals surface area (Å²) in [6, 6.07) is 7.66. The molecule has 0 aliphatic rings. The zero-order valence-corrected chi connectivity index (χ0v) is 11.3. The number of nitrogens with two attached hydrogens (primary N) is 1. The maximum absolute atomic E-state index is 7.35. The van der Waals surface area contributed by atoms with E-state index in [2.05, 4.69) is 15.3 Å². The Bertz CT molecular complexity index is 544. The average molecular weight is 260 g/mol. The minimum Gasteiger partial charge on any atom is -0.384 e. The number of aromatic nitrogens is 1. The van der Waals surface area contributed by atoms with Gasteiger partial charge in [0.1, 0.15) is 5.84 Å². The molecule has 0 radical (unpaired) electrons. The average Bonchev–Trinajstić information content (AvgIpc) is 2.75. The van der Waals surface area contributed by atoms with Crippen LogP contribution < -0.4 is 10.6 Å². The van der Waals surface area contributed by atoms with Crippen molar-refractivity contribution in [3.05, 3.63) is 45.9 Å². The van der Waals surface area contributed by atoms with Gasteiger partial charge in [0, 0.05) is 23.7 Å². The molecule has 0 saturated heterocycles. The van der Waals surface area contributed by atoms with E-state index >= 15 is 0 Å². The molecule has 0 spiro atoms. The van der Waals surface area contributed by atoms with Crippen LogP contribution in [0.15, 0.2) is 29.6 Å². The third-order valence-corrected chi connectivity index (χ3v) is 3.51. The number of aryl methyl sites for hydroxylation is 1. The predicted octanol–water partition coefficient (Wildman–Crippen LogP) is 2.37. The summed E-state index contributed by atoms with van der Waals surface area (Å²) >= 11 is 1.67. The Kier molecular flexibility index (Phi) is 3.62. The maximum atomic E-state index is 7.35. The Hall–Kier alpha value is -1.88. The minimum absolute atomic E-state index is 0.0966. The molecule has 1 aromatic heterocycles. The van der Waals surface area contributed by atoms with Gasteiger partial charge in [0.15, 0.2) is 0 Å². The Labute approximate surface area is 111 Å². The Morgan fingerprint density at radius 1 is 1.39 bits per heavy atom. The lowest BCUT2D eigenvalue weighted by molar-refractivity contribution is 0.890. The summed E-state index contributed by atoms with van der Waals surface area (Å²) in [6.07, 6.45) is 0. The zero-order valence-electron chi connectivity index (χ0n) is 10.5. The smallest absolute Gasteiger partial charge is 0.122 e. The fourth-order valence-corrected chi connectivity index (χ4v) is 2.31. The number of thiazole rings is 1. The van der Waals surface area contributed by atoms with E-state index in [4.69, 9.17) is 11.1 Å². The van der Waals surface area contributed by atoms with E-state index < -0.39 is 0 Å². The van der Waals surface area contributed by atoms with Gasteiger partial charge in [-0.1, -0.05) is 0 Å². The summed E-state index contributed by atoms with van der Waals surface area (Å²) in [5, 5.41) is 10.5. The van der Waals surface area contributed by atoms with Gasteiger partial charge >= 0.3 is 0 Å². The van der Waals surface area contributed by atoms with Crippen molar-refractivity contribution in [2.45, 2.75) is 13.5 Å². The van der Waals surface area contributed by atoms with Crippen LogP contribution in [0, 0.1) is 12.3 Å². The maximum Gasteiger partial charge on any atom is 0.122 e. The lowest BCUT2D eigenvalue weighted by Gasteiger charge is -2.18. The fourth-order valence-electron chi connectivity index (χ4n) is 1.71. The first-order valence-electron chi connectivity index (χ1n) is 5.63. The highest BCUT2D eigenvalue weighted by atomic mass is 32.1. The molecule has 1 heterocycles. The molecule has 0 atom stereocenters. The molecule has 0 aliphatic carbocycles. The van der Waals surface area contributed by atoms with Gasteiger partial charge in [0.2, 0.25) is 0 Å². The SMILES string of the molecule is Cc1nc(CN(C)c2ccc(C(=N)N)cc2)cs1. The molecule has 0 saturated carbocycles. The molecule has 18 heavy (non-hydrogen) atoms. The van der Waals surface area contributed by atoms with Crippen LogP contribution in [0.4, 0.5) is 5.69 Å². The van der Waals surface area contributed by atoms with Gasteiger partial charge in [0.05, 0.1) is 17.2 Å². The fraction of sp³-hybridized carbons (Fsp3) is 0.231. The topological polar surface area (TPSA) is 66.0 Å². The standard InChI is InChI=1S/C13H16N4S/c1-9-16-11(8-18-9)7-17(2)12-5-3-10(4-6-12)13(14)15/h3-6,8H,7H2,1-2H3,(H3,14,15). The van der Waals surface area contributed by atoms with Crippen molar-refractivity contribution in [2.24, 2.45) is 5.73 Å². The molecule has 5 heteroatoms. The molecule has 2 aromatic rings. The lowest BCUT2D eigenvalue weighted by atomic mass is 10.2. The van der Waals surface area contributed by atoms with E-state index in [0.717, 1.165) is 28.5 Å². The second kappa shape index (κ2) is 5.18. The number of amidine groups is 1. The number of hydrogen-bond donors (Lipinski definition) is 2. The number of nitrogen functional groups attached to an aromatic ring is 1. The number of nitrogens with one attached hydrogen (secondary N) is 1. The lowest BCUT2D eigenvalue weighted by Crippen LogP contribution is -2.17. The van der Waals surface area contributed by atoms with Crippen molar-refractivity contribution in [1.82, 2.24) is 4.98 Å². The van der Waals surface area contributed by atoms with E-state index in [-0.39, 0.29) is 5.84 Å². The quantitative estimate of drug-likeness (QED) is 0.655. The van der Waals surface area contributed by atoms with Crippen molar-refractivity contribution in [2.75, 3.05) is 11.9 Å². The minimum atomic E-state index is 0.0966. The number of benzene rings is 1. The van der Waals surface area contributed by atoms with E-state index in [1.165, 1.54) is 0 Å². The number of rotatable bonds is 4. The normalized spacial score (nSPS) is 10.3. The third kappa shape index (κ3) is 2.87. The first kappa shape index (κ1) is 12.6. The first-order chi connectivity index (χ1) is 8.56. The van der Waals surface area contributed by atoms with E-state index in [1.54, 1.807) is 11.3 Å². The van der Waals surface area contributed by atoms with Gasteiger partial charge in [-0.3, -0.25) is 5.41 Å². The summed E-state index contributed by atoms with van der Waals surface area (Å²) in [4.78, 5) is 6.57. The Morgan fingerprint density at radius 3 is 2.56 bits per heavy atom. The summed E-state index contributed by atoms with van der Waals surface area (Å²) in [5.74, 6) is 0.0966. The van der Waals surface area contributed by atoms with Crippen LogP contribution in [-0.4, -0.2) is 17.9 Å². The summed E-state index contributed by atoms with van der Waals surface area (Å²) in [5.41, 5.74) is 8.34. The van der Waals surface area contributed by atoms with Crippen LogP contribution >= 0.6 is 11.3 Å². The van der Waals surface area contributed by atoms with Crippen LogP contribution in [0.25, 0.3) is 0 Å². The molecule has 0 amide bonds. The number of hydrogen-bond acceptors (Lipinski definition) is 4. The second-order valence-corrected chi connectivity index (χ2v) is 5.24. The van der Waals surface area contributed by atoms with Crippen LogP contribution in [-0.2, 0) is 6.54 Å². The van der Waals surface area contributed by atoms with Gasteiger partial charge in [-0.05, 0) is 31.2 Å². The van der Waals surface area contributed by atoms with Crippen LogP contribution in [0.2, 0.25) is 0 Å². The van der Waals surface area contributed by atoms with Crippen molar-refractivity contribution >= 4 is 22.9 Å². The van der Waals surface area contributed by atoms with Crippen LogP contribution in [0.1, 0.15) is 16.3 Å². The van der Waals surface area contributed by atoms with Crippen molar-refractivity contribution in [1.29, 1.82) is 5.41 Å². The van der Waals surface area contributed by atoms with Crippen molar-refractivity contribution in [3.63, 3.8) is 0 Å². The monoisotopic (exact) mass is 260 g/mol. The molecule has 0 aliphatic heterocycles. The van der Waals surface area contributed by atoms with Crippen LogP contribution in [0.3, 0.4) is 0 Å². The highest BCUT2D eigenvalue weighted by Crippen LogP contribution is 2.17. The Balaban J connectivity index is 2.09. The van der Waals surface area contributed by atoms with E-state index in [0.29, 0.717) is 0 Å². The molecule has 3 N–H and O–H groups in total. The molecular formula is C13H16N4S. The van der Waals surface area contributed by atoms with Gasteiger partial charge in [-0.25, -0.2) is 4.98 Å². The van der Waals surface area contributed by atoms with Gasteiger partial charge < -0.3 is 10.6 Å². The summed E-state index contributed by atoms with van der Waals surface area (Å²) in [6.45, 7) is 2.79. The number of nitrogens with zero attached hydrogens (tertiary/aromatic N) is 2. The molecule has 94 valence electrons. The highest BCUT2D eigenvalue weighted by Gasteiger charge is 2.05. The molecular weight excluding hydrogens is 244 g/mol. The van der Waals surface area contributed by atoms with Crippen LogP contribution in [0.5, 0.6) is 0 Å². The third-order valence-electron chi connectivity index (χ3n) is 2.68. The largest absolute Gasteiger partial charge is 0.384 e. The zero-order chi connectivity index (χ0) is 13.1. The van der Waals surface area contributed by atoms with Gasteiger partial charge in [-0.2, -0.15) is 0 Å². The highest BCUT2D eigenvalue weighted by molar-refractivity contribution is 7.09. The molecule has 0 fully saturated rings. The van der Waals surface area contributed by atoms with Gasteiger partial charge in [-0.15, -0.1) is 11.3 Å². The first-order valence-corrected chi connectivity index (χ1v) is 6.51. The van der Waals surface area contributed by atoms with Gasteiger partial charge in [0.25, 0.3) is 0 Å². The molecule has 0 bridgehead atoms. The second-order valence-electron chi connectivity index (χ2n) is 4.17. The predicted molar refractivity (Wildman–Crippen MR) is 76.4 cm³/mol. The Morgan fingerprint density at radius 2 is 2.06 bits per heavy atom. The summed E-state index contributed by atoms with van der Waals surface area (Å²) < 4.78 is 0. The number of anilines is 1. The summed E-state index contributed by atoms with van der Waals surface area (Å²) in [7, 11) is 2.03. The van der Waals surface area contributed by atoms with E-state index in [9.17, 15) is 0 Å². The molecule has 0 unspecified atom stereocenters.